The van der Waals surface area contributed by atoms with Crippen LogP contribution in [0.3, 0.4) is 0 Å². The Kier molecular flexibility index (Phi) is 6.35. The molecule has 0 fully saturated rings. The SMILES string of the molecule is N#CC(C(=O)OCc1ccc(OC(F)(F)F)cc1)=C1Sc2nc(C#N)c(C#N)nc2S1. The molecule has 0 N–H and O–H groups in total. The summed E-state index contributed by atoms with van der Waals surface area (Å²) in [5, 5.41) is 28.0. The summed E-state index contributed by atoms with van der Waals surface area (Å²) in [5.41, 5.74) is -0.297. The van der Waals surface area contributed by atoms with Gasteiger partial charge in [0.2, 0.25) is 0 Å². The summed E-state index contributed by atoms with van der Waals surface area (Å²) in [7, 11) is 0. The number of rotatable bonds is 4. The van der Waals surface area contributed by atoms with Crippen molar-refractivity contribution in [2.75, 3.05) is 0 Å². The number of carbonyl (C=O) groups excluding carboxylic acids is 1. The molecule has 1 aromatic carbocycles. The van der Waals surface area contributed by atoms with Gasteiger partial charge in [-0.3, -0.25) is 0 Å². The number of nitrogens with zero attached hydrogens (tertiary/aromatic N) is 5. The zero-order valence-corrected chi connectivity index (χ0v) is 16.6. The summed E-state index contributed by atoms with van der Waals surface area (Å²) < 4.78 is 45.6. The van der Waals surface area contributed by atoms with Gasteiger partial charge in [-0.2, -0.15) is 15.8 Å². The molecule has 0 radical (unpaired) electrons. The summed E-state index contributed by atoms with van der Waals surface area (Å²) >= 11 is 1.87. The summed E-state index contributed by atoms with van der Waals surface area (Å²) in [5.74, 6) is -1.38. The van der Waals surface area contributed by atoms with E-state index in [2.05, 4.69) is 14.7 Å². The molecule has 154 valence electrons. The van der Waals surface area contributed by atoms with E-state index in [4.69, 9.17) is 15.3 Å². The molecule has 0 unspecified atom stereocenters. The van der Waals surface area contributed by atoms with Crippen LogP contribution in [-0.2, 0) is 16.1 Å². The third kappa shape index (κ3) is 5.25. The predicted molar refractivity (Wildman–Crippen MR) is 98.7 cm³/mol. The van der Waals surface area contributed by atoms with Gasteiger partial charge in [-0.25, -0.2) is 14.8 Å². The number of ether oxygens (including phenoxy) is 2. The van der Waals surface area contributed by atoms with Gasteiger partial charge in [0.15, 0.2) is 17.0 Å². The molecule has 0 aliphatic carbocycles. The van der Waals surface area contributed by atoms with Crippen LogP contribution in [-0.4, -0.2) is 22.3 Å². The molecule has 8 nitrogen and oxygen atoms in total. The van der Waals surface area contributed by atoms with Crippen LogP contribution in [0.5, 0.6) is 5.75 Å². The van der Waals surface area contributed by atoms with E-state index in [0.29, 0.717) is 5.56 Å². The number of alkyl halides is 3. The molecule has 1 aliphatic rings. The van der Waals surface area contributed by atoms with Crippen molar-refractivity contribution < 1.29 is 27.4 Å². The Labute approximate surface area is 180 Å². The number of nitriles is 3. The van der Waals surface area contributed by atoms with Crippen molar-refractivity contribution in [1.29, 1.82) is 15.8 Å². The second kappa shape index (κ2) is 8.96. The Morgan fingerprint density at radius 2 is 1.55 bits per heavy atom. The summed E-state index contributed by atoms with van der Waals surface area (Å²) in [4.78, 5) is 20.3. The lowest BCUT2D eigenvalue weighted by atomic mass is 10.2. The van der Waals surface area contributed by atoms with Crippen molar-refractivity contribution >= 4 is 29.5 Å². The minimum atomic E-state index is -4.82. The fourth-order valence-electron chi connectivity index (χ4n) is 2.18. The highest BCUT2D eigenvalue weighted by Crippen LogP contribution is 2.50. The van der Waals surface area contributed by atoms with Crippen LogP contribution in [0.1, 0.15) is 17.0 Å². The molecule has 0 spiro atoms. The number of hydrogen-bond acceptors (Lipinski definition) is 10. The van der Waals surface area contributed by atoms with Crippen LogP contribution in [0.4, 0.5) is 13.2 Å². The average molecular weight is 461 g/mol. The first-order valence-corrected chi connectivity index (χ1v) is 9.61. The van der Waals surface area contributed by atoms with Crippen molar-refractivity contribution in [3.05, 3.63) is 51.0 Å². The Hall–Kier alpha value is -3.73. The highest BCUT2D eigenvalue weighted by atomic mass is 32.2. The van der Waals surface area contributed by atoms with Crippen molar-refractivity contribution in [3.8, 4) is 24.0 Å². The first-order chi connectivity index (χ1) is 14.7. The maximum atomic E-state index is 12.3. The minimum absolute atomic E-state index is 0.172. The van der Waals surface area contributed by atoms with Gasteiger partial charge in [-0.15, -0.1) is 13.2 Å². The summed E-state index contributed by atoms with van der Waals surface area (Å²) in [6, 6.07) is 9.93. The van der Waals surface area contributed by atoms with Crippen molar-refractivity contribution in [2.24, 2.45) is 0 Å². The van der Waals surface area contributed by atoms with E-state index in [9.17, 15) is 23.2 Å². The van der Waals surface area contributed by atoms with Crippen molar-refractivity contribution in [3.63, 3.8) is 0 Å². The quantitative estimate of drug-likeness (QED) is 0.376. The van der Waals surface area contributed by atoms with Crippen LogP contribution in [0, 0.1) is 34.0 Å². The van der Waals surface area contributed by atoms with Crippen LogP contribution < -0.4 is 4.74 Å². The second-order valence-corrected chi connectivity index (χ2v) is 7.76. The zero-order chi connectivity index (χ0) is 22.6. The maximum Gasteiger partial charge on any atom is 0.573 e. The van der Waals surface area contributed by atoms with Gasteiger partial charge in [0.1, 0.15) is 40.6 Å². The highest BCUT2D eigenvalue weighted by Gasteiger charge is 2.31. The van der Waals surface area contributed by atoms with E-state index in [1.165, 1.54) is 12.1 Å². The predicted octanol–water partition coefficient (Wildman–Crippen LogP) is 3.79. The standard InChI is InChI=1S/C18H6F3N5O3S2/c19-18(20,21)29-10-3-1-9(2-4-10)8-28-16(27)11(5-22)17-30-14-15(31-17)26-13(7-24)12(6-23)25-14/h1-4H,8H2. The fourth-order valence-corrected chi connectivity index (χ4v) is 4.42. The van der Waals surface area contributed by atoms with Crippen LogP contribution in [0.2, 0.25) is 0 Å². The molecule has 31 heavy (non-hydrogen) atoms. The maximum absolute atomic E-state index is 12.3. The number of carbonyl (C=O) groups is 1. The number of aromatic nitrogens is 2. The van der Waals surface area contributed by atoms with Gasteiger partial charge in [0.05, 0.1) is 4.24 Å². The Bertz CT molecular complexity index is 1160. The lowest BCUT2D eigenvalue weighted by molar-refractivity contribution is -0.274. The van der Waals surface area contributed by atoms with Crippen molar-refractivity contribution in [2.45, 2.75) is 23.0 Å². The van der Waals surface area contributed by atoms with E-state index in [-0.39, 0.29) is 37.9 Å². The molecule has 0 amide bonds. The average Bonchev–Trinajstić information content (AvgIpc) is 3.13. The number of halogens is 3. The largest absolute Gasteiger partial charge is 0.573 e. The molecule has 1 aromatic heterocycles. The number of thioether (sulfide) groups is 2. The smallest absolute Gasteiger partial charge is 0.457 e. The second-order valence-electron chi connectivity index (χ2n) is 5.50. The third-order valence-corrected chi connectivity index (χ3v) is 5.84. The Balaban J connectivity index is 1.71. The van der Waals surface area contributed by atoms with Gasteiger partial charge in [-0.05, 0) is 17.7 Å². The normalized spacial score (nSPS) is 12.2. The minimum Gasteiger partial charge on any atom is -0.457 e. The van der Waals surface area contributed by atoms with Crippen molar-refractivity contribution in [1.82, 2.24) is 9.97 Å². The van der Waals surface area contributed by atoms with Crippen LogP contribution in [0.25, 0.3) is 0 Å². The van der Waals surface area contributed by atoms with E-state index >= 15 is 0 Å². The number of hydrogen-bond donors (Lipinski definition) is 0. The van der Waals surface area contributed by atoms with Gasteiger partial charge in [0.25, 0.3) is 0 Å². The first-order valence-electron chi connectivity index (χ1n) is 7.98. The van der Waals surface area contributed by atoms with Crippen LogP contribution >= 0.6 is 23.5 Å². The topological polar surface area (TPSA) is 133 Å². The molecule has 0 bridgehead atoms. The molecule has 0 atom stereocenters. The fraction of sp³-hybridized carbons (Fsp3) is 0.111. The molecule has 0 saturated carbocycles. The molecule has 13 heteroatoms. The highest BCUT2D eigenvalue weighted by molar-refractivity contribution is 8.24. The van der Waals surface area contributed by atoms with Gasteiger partial charge >= 0.3 is 12.3 Å². The summed E-state index contributed by atoms with van der Waals surface area (Å²) in [6.45, 7) is -0.292. The lowest BCUT2D eigenvalue weighted by Gasteiger charge is -2.09. The summed E-state index contributed by atoms with van der Waals surface area (Å²) in [6.07, 6.45) is -4.82. The van der Waals surface area contributed by atoms with Gasteiger partial charge in [0, 0.05) is 0 Å². The van der Waals surface area contributed by atoms with Crippen LogP contribution in [0.15, 0.2) is 44.1 Å². The van der Waals surface area contributed by atoms with E-state index in [1.54, 1.807) is 18.2 Å². The zero-order valence-electron chi connectivity index (χ0n) is 14.9. The molecule has 2 heterocycles. The Morgan fingerprint density at radius 3 is 2.00 bits per heavy atom. The number of benzene rings is 1. The van der Waals surface area contributed by atoms with E-state index < -0.39 is 18.1 Å². The molecule has 2 aromatic rings. The number of esters is 1. The van der Waals surface area contributed by atoms with E-state index in [0.717, 1.165) is 35.7 Å². The van der Waals surface area contributed by atoms with E-state index in [1.807, 2.05) is 0 Å². The molecular formula is C18H6F3N5O3S2. The van der Waals surface area contributed by atoms with Gasteiger partial charge in [-0.1, -0.05) is 35.7 Å². The molecule has 0 saturated heterocycles. The number of fused-ring (bicyclic) bond motifs is 1. The molecule has 1 aliphatic heterocycles. The third-order valence-electron chi connectivity index (χ3n) is 3.47. The molecular weight excluding hydrogens is 455 g/mol. The molecule has 3 rings (SSSR count). The lowest BCUT2D eigenvalue weighted by Crippen LogP contribution is -2.17. The first kappa shape index (κ1) is 22.0. The Morgan fingerprint density at radius 1 is 1.00 bits per heavy atom. The monoisotopic (exact) mass is 461 g/mol. The van der Waals surface area contributed by atoms with Gasteiger partial charge < -0.3 is 9.47 Å².